The number of ether oxygens (including phenoxy) is 1. The fraction of sp³-hybridized carbons (Fsp3) is 0.368. The van der Waals surface area contributed by atoms with E-state index in [0.717, 1.165) is 16.5 Å². The molecule has 26 heavy (non-hydrogen) atoms. The van der Waals surface area contributed by atoms with Gasteiger partial charge < -0.3 is 21.1 Å². The summed E-state index contributed by atoms with van der Waals surface area (Å²) >= 11 is 0. The molecule has 140 valence electrons. The summed E-state index contributed by atoms with van der Waals surface area (Å²) in [5, 5.41) is 7.60. The van der Waals surface area contributed by atoms with E-state index >= 15 is 0 Å². The molecule has 1 fully saturated rings. The highest BCUT2D eigenvalue weighted by Crippen LogP contribution is 2.29. The van der Waals surface area contributed by atoms with Crippen LogP contribution in [0.5, 0.6) is 0 Å². The molecule has 0 aromatic heterocycles. The van der Waals surface area contributed by atoms with Gasteiger partial charge in [-0.25, -0.2) is 0 Å². The normalized spacial score (nSPS) is 15.7. The molecule has 1 aliphatic rings. The maximum atomic E-state index is 12.5. The van der Waals surface area contributed by atoms with E-state index < -0.39 is 5.41 Å². The largest absolute Gasteiger partial charge is 0.381 e. The van der Waals surface area contributed by atoms with E-state index in [0.29, 0.717) is 26.1 Å². The third-order valence-corrected chi connectivity index (χ3v) is 4.80. The van der Waals surface area contributed by atoms with E-state index in [1.165, 1.54) is 0 Å². The van der Waals surface area contributed by atoms with Gasteiger partial charge in [0.25, 0.3) is 0 Å². The van der Waals surface area contributed by atoms with E-state index in [2.05, 4.69) is 10.6 Å². The van der Waals surface area contributed by atoms with E-state index in [-0.39, 0.29) is 37.3 Å². The maximum Gasteiger partial charge on any atom is 0.243 e. The Morgan fingerprint density at radius 2 is 1.77 bits per heavy atom. The van der Waals surface area contributed by atoms with Crippen LogP contribution < -0.4 is 16.4 Å². The third-order valence-electron chi connectivity index (χ3n) is 4.80. The average Bonchev–Trinajstić information content (AvgIpc) is 2.67. The third kappa shape index (κ3) is 4.33. The van der Waals surface area contributed by atoms with Gasteiger partial charge in [-0.2, -0.15) is 0 Å². The molecular weight excluding hydrogens is 354 g/mol. The van der Waals surface area contributed by atoms with E-state index in [1.54, 1.807) is 0 Å². The van der Waals surface area contributed by atoms with Crippen molar-refractivity contribution < 1.29 is 14.3 Å². The molecule has 0 saturated carbocycles. The molecule has 4 N–H and O–H groups in total. The van der Waals surface area contributed by atoms with Crippen molar-refractivity contribution in [2.24, 2.45) is 11.1 Å². The van der Waals surface area contributed by atoms with Gasteiger partial charge in [-0.3, -0.25) is 9.59 Å². The number of nitrogens with two attached hydrogens (primary N) is 1. The predicted molar refractivity (Wildman–Crippen MR) is 104 cm³/mol. The Hall–Kier alpha value is -2.15. The van der Waals surface area contributed by atoms with Crippen molar-refractivity contribution in [3.8, 4) is 0 Å². The second-order valence-corrected chi connectivity index (χ2v) is 6.35. The summed E-state index contributed by atoms with van der Waals surface area (Å²) in [7, 11) is 0. The molecule has 1 aliphatic heterocycles. The summed E-state index contributed by atoms with van der Waals surface area (Å²) in [4.78, 5) is 24.7. The molecule has 3 rings (SSSR count). The number of carbonyl (C=O) groups is 2. The lowest BCUT2D eigenvalue weighted by Crippen LogP contribution is -2.50. The minimum Gasteiger partial charge on any atom is -0.381 e. The van der Waals surface area contributed by atoms with E-state index in [4.69, 9.17) is 10.5 Å². The smallest absolute Gasteiger partial charge is 0.243 e. The average molecular weight is 378 g/mol. The van der Waals surface area contributed by atoms with Gasteiger partial charge >= 0.3 is 0 Å². The molecule has 0 atom stereocenters. The van der Waals surface area contributed by atoms with Gasteiger partial charge in [-0.05, 0) is 24.3 Å². The first kappa shape index (κ1) is 20.2. The molecule has 1 heterocycles. The van der Waals surface area contributed by atoms with Gasteiger partial charge in [0.05, 0.1) is 12.0 Å². The number of halogens is 1. The van der Waals surface area contributed by atoms with Gasteiger partial charge in [0.2, 0.25) is 11.8 Å². The van der Waals surface area contributed by atoms with Crippen LogP contribution in [0.25, 0.3) is 10.8 Å². The zero-order chi connectivity index (χ0) is 17.7. The number of benzene rings is 2. The summed E-state index contributed by atoms with van der Waals surface area (Å²) in [5.41, 5.74) is 5.92. The van der Waals surface area contributed by atoms with Crippen LogP contribution in [0.1, 0.15) is 12.8 Å². The number of carbonyl (C=O) groups excluding carboxylic acids is 2. The van der Waals surface area contributed by atoms with Gasteiger partial charge in [-0.15, -0.1) is 12.4 Å². The number of anilines is 1. The second-order valence-electron chi connectivity index (χ2n) is 6.35. The topological polar surface area (TPSA) is 93.5 Å². The van der Waals surface area contributed by atoms with Crippen LogP contribution in [0, 0.1) is 5.41 Å². The molecule has 0 spiro atoms. The van der Waals surface area contributed by atoms with Crippen molar-refractivity contribution in [1.29, 1.82) is 0 Å². The number of amides is 2. The Labute approximate surface area is 158 Å². The van der Waals surface area contributed by atoms with Crippen molar-refractivity contribution in [2.45, 2.75) is 12.8 Å². The summed E-state index contributed by atoms with van der Waals surface area (Å²) in [6.07, 6.45) is 1.17. The molecule has 6 nitrogen and oxygen atoms in total. The van der Waals surface area contributed by atoms with Crippen LogP contribution in [0.4, 0.5) is 5.69 Å². The molecule has 0 radical (unpaired) electrons. The lowest BCUT2D eigenvalue weighted by Gasteiger charge is -2.34. The molecule has 1 saturated heterocycles. The van der Waals surface area contributed by atoms with Gasteiger partial charge in [0, 0.05) is 30.8 Å². The van der Waals surface area contributed by atoms with Crippen molar-refractivity contribution in [2.75, 3.05) is 31.6 Å². The van der Waals surface area contributed by atoms with Crippen LogP contribution >= 0.6 is 12.4 Å². The first-order chi connectivity index (χ1) is 12.1. The number of hydrogen-bond donors (Lipinski definition) is 3. The van der Waals surface area contributed by atoms with Crippen LogP contribution in [0.2, 0.25) is 0 Å². The van der Waals surface area contributed by atoms with Gasteiger partial charge in [0.1, 0.15) is 0 Å². The Morgan fingerprint density at radius 3 is 2.50 bits per heavy atom. The zero-order valence-electron chi connectivity index (χ0n) is 14.5. The first-order valence-electron chi connectivity index (χ1n) is 8.48. The van der Waals surface area contributed by atoms with Crippen molar-refractivity contribution in [1.82, 2.24) is 5.32 Å². The molecule has 7 heteroatoms. The van der Waals surface area contributed by atoms with Crippen molar-refractivity contribution in [3.63, 3.8) is 0 Å². The first-order valence-corrected chi connectivity index (χ1v) is 8.48. The predicted octanol–water partition coefficient (Wildman–Crippen LogP) is 2.07. The highest BCUT2D eigenvalue weighted by molar-refractivity contribution is 6.03. The Bertz CT molecular complexity index is 770. The lowest BCUT2D eigenvalue weighted by molar-refractivity contribution is -0.137. The quantitative estimate of drug-likeness (QED) is 0.743. The highest BCUT2D eigenvalue weighted by Gasteiger charge is 2.38. The standard InChI is InChI=1S/C19H23N3O3.ClH/c20-13-19(8-10-25-11-9-19)18(24)21-12-17(23)22-16-7-3-5-14-4-1-2-6-15(14)16;/h1-7H,8-13,20H2,(H,21,24)(H,22,23);1H. The number of fused-ring (bicyclic) bond motifs is 1. The Balaban J connectivity index is 0.00000243. The maximum absolute atomic E-state index is 12.5. The molecule has 2 amide bonds. The number of hydrogen-bond acceptors (Lipinski definition) is 4. The van der Waals surface area contributed by atoms with Crippen LogP contribution in [0.15, 0.2) is 42.5 Å². The van der Waals surface area contributed by atoms with Gasteiger partial charge in [-0.1, -0.05) is 36.4 Å². The van der Waals surface area contributed by atoms with Crippen molar-refractivity contribution in [3.05, 3.63) is 42.5 Å². The molecule has 2 aromatic rings. The fourth-order valence-corrected chi connectivity index (χ4v) is 3.16. The van der Waals surface area contributed by atoms with Crippen molar-refractivity contribution >= 4 is 40.7 Å². The van der Waals surface area contributed by atoms with Crippen LogP contribution in [-0.2, 0) is 14.3 Å². The highest BCUT2D eigenvalue weighted by atomic mass is 35.5. The number of rotatable bonds is 5. The number of nitrogens with one attached hydrogen (secondary N) is 2. The molecule has 0 aliphatic carbocycles. The summed E-state index contributed by atoms with van der Waals surface area (Å²) in [6.45, 7) is 1.22. The monoisotopic (exact) mass is 377 g/mol. The Kier molecular flexibility index (Phi) is 6.97. The fourth-order valence-electron chi connectivity index (χ4n) is 3.16. The summed E-state index contributed by atoms with van der Waals surface area (Å²) in [5.74, 6) is -0.435. The minimum atomic E-state index is -0.627. The summed E-state index contributed by atoms with van der Waals surface area (Å²) < 4.78 is 5.31. The molecule has 0 bridgehead atoms. The van der Waals surface area contributed by atoms with E-state index in [1.807, 2.05) is 42.5 Å². The van der Waals surface area contributed by atoms with E-state index in [9.17, 15) is 9.59 Å². The summed E-state index contributed by atoms with van der Waals surface area (Å²) in [6, 6.07) is 13.6. The Morgan fingerprint density at radius 1 is 1.08 bits per heavy atom. The van der Waals surface area contributed by atoms with Crippen LogP contribution in [-0.4, -0.2) is 38.1 Å². The minimum absolute atomic E-state index is 0. The molecular formula is C19H24ClN3O3. The van der Waals surface area contributed by atoms with Gasteiger partial charge in [0.15, 0.2) is 0 Å². The molecule has 2 aromatic carbocycles. The zero-order valence-corrected chi connectivity index (χ0v) is 15.3. The lowest BCUT2D eigenvalue weighted by atomic mass is 9.79. The van der Waals surface area contributed by atoms with Crippen LogP contribution in [0.3, 0.4) is 0 Å². The molecule has 0 unspecified atom stereocenters. The SMILES string of the molecule is Cl.NCC1(C(=O)NCC(=O)Nc2cccc3ccccc23)CCOCC1. The second kappa shape index (κ2) is 8.98.